The average molecular weight is 323 g/mol. The fourth-order valence-corrected chi connectivity index (χ4v) is 5.07. The van der Waals surface area contributed by atoms with Crippen LogP contribution in [0.15, 0.2) is 11.1 Å². The highest BCUT2D eigenvalue weighted by atomic mass is 32.2. The highest BCUT2D eigenvalue weighted by Gasteiger charge is 2.61. The van der Waals surface area contributed by atoms with Crippen LogP contribution in [0.5, 0.6) is 0 Å². The summed E-state index contributed by atoms with van der Waals surface area (Å²) in [6.45, 7) is 0.382. The van der Waals surface area contributed by atoms with Gasteiger partial charge in [-0.05, 0) is 0 Å². The van der Waals surface area contributed by atoms with Gasteiger partial charge in [-0.3, -0.25) is 14.8 Å². The number of alkyl halides is 3. The molecule has 10 heteroatoms. The average Bonchev–Trinajstić information content (AvgIpc) is 2.65. The Labute approximate surface area is 118 Å². The zero-order valence-corrected chi connectivity index (χ0v) is 11.8. The number of carbonyl (C=O) groups is 1. The van der Waals surface area contributed by atoms with Crippen molar-refractivity contribution < 1.29 is 26.4 Å². The van der Waals surface area contributed by atoms with Gasteiger partial charge in [-0.25, -0.2) is 8.42 Å². The molecule has 116 valence electrons. The molecule has 0 radical (unpaired) electrons. The smallest absolute Gasteiger partial charge is 0.300 e. The van der Waals surface area contributed by atoms with Crippen molar-refractivity contribution in [2.75, 3.05) is 6.54 Å². The molecule has 1 aromatic heterocycles. The number of ketones is 1. The van der Waals surface area contributed by atoms with Gasteiger partial charge in [-0.15, -0.1) is 0 Å². The van der Waals surface area contributed by atoms with Crippen molar-refractivity contribution in [1.29, 1.82) is 0 Å². The highest BCUT2D eigenvalue weighted by Crippen LogP contribution is 2.49. The van der Waals surface area contributed by atoms with Crippen LogP contribution in [0.3, 0.4) is 0 Å². The summed E-state index contributed by atoms with van der Waals surface area (Å²) >= 11 is 0. The second kappa shape index (κ2) is 4.07. The van der Waals surface area contributed by atoms with Gasteiger partial charge in [0.1, 0.15) is 11.2 Å². The summed E-state index contributed by atoms with van der Waals surface area (Å²) in [4.78, 5) is 11.1. The quantitative estimate of drug-likeness (QED) is 0.857. The van der Waals surface area contributed by atoms with Crippen LogP contribution in [0.1, 0.15) is 18.5 Å². The van der Waals surface area contributed by atoms with E-state index in [-0.39, 0.29) is 18.6 Å². The third-order valence-electron chi connectivity index (χ3n) is 4.02. The first-order valence-electron chi connectivity index (χ1n) is 6.16. The van der Waals surface area contributed by atoms with E-state index in [2.05, 4.69) is 10.4 Å². The maximum absolute atomic E-state index is 12.6. The number of sulfone groups is 1. The summed E-state index contributed by atoms with van der Waals surface area (Å²) in [6, 6.07) is 0.531. The largest absolute Gasteiger partial charge is 0.435 e. The first-order valence-corrected chi connectivity index (χ1v) is 7.71. The molecule has 3 rings (SSSR count). The van der Waals surface area contributed by atoms with E-state index in [4.69, 9.17) is 0 Å². The molecule has 6 nitrogen and oxygen atoms in total. The molecule has 1 aromatic rings. The van der Waals surface area contributed by atoms with Crippen LogP contribution < -0.4 is 5.32 Å². The summed E-state index contributed by atoms with van der Waals surface area (Å²) in [5.74, 6) is -0.0299. The van der Waals surface area contributed by atoms with Crippen molar-refractivity contribution in [3.63, 3.8) is 0 Å². The Kier molecular flexibility index (Phi) is 2.81. The molecule has 2 aliphatic rings. The van der Waals surface area contributed by atoms with E-state index in [9.17, 15) is 26.4 Å². The zero-order chi connectivity index (χ0) is 15.6. The Morgan fingerprint density at radius 2 is 2.05 bits per heavy atom. The number of nitrogens with one attached hydrogen (secondary N) is 1. The van der Waals surface area contributed by atoms with E-state index in [1.165, 1.54) is 0 Å². The maximum atomic E-state index is 12.6. The molecule has 1 atom stereocenters. The van der Waals surface area contributed by atoms with Crippen LogP contribution in [-0.2, 0) is 27.9 Å². The highest BCUT2D eigenvalue weighted by molar-refractivity contribution is 7.92. The minimum absolute atomic E-state index is 0.0299. The number of nitrogens with zero attached hydrogens (tertiary/aromatic N) is 2. The Morgan fingerprint density at radius 3 is 2.43 bits per heavy atom. The van der Waals surface area contributed by atoms with Gasteiger partial charge in [0.15, 0.2) is 10.7 Å². The second-order valence-corrected chi connectivity index (χ2v) is 7.53. The lowest BCUT2D eigenvalue weighted by atomic mass is 9.63. The number of aromatic nitrogens is 2. The third-order valence-corrected chi connectivity index (χ3v) is 6.28. The van der Waals surface area contributed by atoms with E-state index in [1.54, 1.807) is 0 Å². The molecule has 1 spiro atoms. The standard InChI is InChI=1S/C11H12F3N3O3S/c1-17-8(2-7(16-17)11(12,13)14)21(19,20)9-10(5-15-9)3-6(18)4-10/h2,9,15H,3-5H2,1H3. The van der Waals surface area contributed by atoms with Crippen LogP contribution in [0.25, 0.3) is 0 Å². The number of hydrogen-bond donors (Lipinski definition) is 1. The lowest BCUT2D eigenvalue weighted by molar-refractivity contribution is -0.141. The predicted molar refractivity (Wildman–Crippen MR) is 63.9 cm³/mol. The first-order chi connectivity index (χ1) is 9.56. The SMILES string of the molecule is Cn1nc(C(F)(F)F)cc1S(=O)(=O)C1NCC12CC(=O)C2. The number of rotatable bonds is 2. The predicted octanol–water partition coefficient (Wildman–Crippen LogP) is 0.491. The Balaban J connectivity index is 1.96. The minimum atomic E-state index is -4.71. The molecule has 2 fully saturated rings. The number of carbonyl (C=O) groups excluding carboxylic acids is 1. The van der Waals surface area contributed by atoms with Crippen LogP contribution >= 0.6 is 0 Å². The summed E-state index contributed by atoms with van der Waals surface area (Å²) in [7, 11) is -2.87. The van der Waals surface area contributed by atoms with Gasteiger partial charge in [0, 0.05) is 37.9 Å². The molecule has 21 heavy (non-hydrogen) atoms. The van der Waals surface area contributed by atoms with Gasteiger partial charge in [-0.2, -0.15) is 18.3 Å². The topological polar surface area (TPSA) is 81.1 Å². The monoisotopic (exact) mass is 323 g/mol. The van der Waals surface area contributed by atoms with Crippen molar-refractivity contribution in [2.45, 2.75) is 29.4 Å². The van der Waals surface area contributed by atoms with E-state index in [0.29, 0.717) is 17.3 Å². The maximum Gasteiger partial charge on any atom is 0.435 e. The van der Waals surface area contributed by atoms with Crippen molar-refractivity contribution >= 4 is 15.6 Å². The molecule has 1 saturated heterocycles. The molecular formula is C11H12F3N3O3S. The summed E-state index contributed by atoms with van der Waals surface area (Å²) in [6.07, 6.45) is -4.41. The van der Waals surface area contributed by atoms with Crippen molar-refractivity contribution in [3.8, 4) is 0 Å². The van der Waals surface area contributed by atoms with Gasteiger partial charge in [0.25, 0.3) is 0 Å². The number of hydrogen-bond acceptors (Lipinski definition) is 5. The van der Waals surface area contributed by atoms with Crippen molar-refractivity contribution in [2.24, 2.45) is 12.5 Å². The van der Waals surface area contributed by atoms with Crippen LogP contribution in [0, 0.1) is 5.41 Å². The lowest BCUT2D eigenvalue weighted by Gasteiger charge is -2.54. The van der Waals surface area contributed by atoms with E-state index >= 15 is 0 Å². The van der Waals surface area contributed by atoms with E-state index < -0.39 is 37.5 Å². The van der Waals surface area contributed by atoms with Gasteiger partial charge in [-0.1, -0.05) is 0 Å². The minimum Gasteiger partial charge on any atom is -0.300 e. The van der Waals surface area contributed by atoms with Gasteiger partial charge in [0.05, 0.1) is 0 Å². The molecule has 2 heterocycles. The van der Waals surface area contributed by atoms with Gasteiger partial charge in [0.2, 0.25) is 9.84 Å². The Morgan fingerprint density at radius 1 is 1.43 bits per heavy atom. The molecule has 0 amide bonds. The number of aryl methyl sites for hydroxylation is 1. The van der Waals surface area contributed by atoms with Gasteiger partial charge >= 0.3 is 6.18 Å². The van der Waals surface area contributed by atoms with Crippen LogP contribution in [-0.4, -0.2) is 35.9 Å². The molecule has 1 N–H and O–H groups in total. The molecule has 1 aliphatic carbocycles. The summed E-state index contributed by atoms with van der Waals surface area (Å²) < 4.78 is 63.5. The van der Waals surface area contributed by atoms with Gasteiger partial charge < -0.3 is 0 Å². The molecule has 1 unspecified atom stereocenters. The Hall–Kier alpha value is -1.42. The molecular weight excluding hydrogens is 311 g/mol. The second-order valence-electron chi connectivity index (χ2n) is 5.55. The van der Waals surface area contributed by atoms with Crippen molar-refractivity contribution in [3.05, 3.63) is 11.8 Å². The van der Waals surface area contributed by atoms with Crippen molar-refractivity contribution in [1.82, 2.24) is 15.1 Å². The van der Waals surface area contributed by atoms with Crippen LogP contribution in [0.4, 0.5) is 13.2 Å². The first kappa shape index (κ1) is 14.5. The molecule has 1 aliphatic heterocycles. The Bertz CT molecular complexity index is 715. The third kappa shape index (κ3) is 2.00. The molecule has 0 aromatic carbocycles. The molecule has 1 saturated carbocycles. The van der Waals surface area contributed by atoms with E-state index in [1.807, 2.05) is 0 Å². The molecule has 0 bridgehead atoms. The summed E-state index contributed by atoms with van der Waals surface area (Å²) in [5.41, 5.74) is -1.92. The van der Waals surface area contributed by atoms with E-state index in [0.717, 1.165) is 7.05 Å². The fraction of sp³-hybridized carbons (Fsp3) is 0.636. The lowest BCUT2D eigenvalue weighted by Crippen LogP contribution is -2.70. The number of halogens is 3. The fourth-order valence-electron chi connectivity index (χ4n) is 2.93. The number of Topliss-reactive ketones (excluding diaryl/α,β-unsaturated/α-hetero) is 1. The normalized spacial score (nSPS) is 24.8. The summed E-state index contributed by atoms with van der Waals surface area (Å²) in [5, 5.41) is 4.40. The van der Waals surface area contributed by atoms with Crippen LogP contribution in [0.2, 0.25) is 0 Å². The zero-order valence-electron chi connectivity index (χ0n) is 10.9.